The van der Waals surface area contributed by atoms with Crippen LogP contribution in [0.1, 0.15) is 17.3 Å². The van der Waals surface area contributed by atoms with E-state index in [0.717, 1.165) is 29.9 Å². The average Bonchev–Trinajstić information content (AvgIpc) is 3.49. The summed E-state index contributed by atoms with van der Waals surface area (Å²) in [4.78, 5) is 8.32. The zero-order valence-electron chi connectivity index (χ0n) is 18.8. The Morgan fingerprint density at radius 3 is 2.58 bits per heavy atom. The van der Waals surface area contributed by atoms with E-state index in [1.165, 1.54) is 10.8 Å². The third-order valence-electron chi connectivity index (χ3n) is 5.41. The number of hydrogen-bond donors (Lipinski definition) is 2. The maximum atomic E-state index is 13.3. The Kier molecular flexibility index (Phi) is 6.34. The van der Waals surface area contributed by atoms with Crippen LogP contribution in [0.5, 0.6) is 5.75 Å². The first kappa shape index (κ1) is 23.5. The Balaban J connectivity index is 1.60. The topological polar surface area (TPSA) is 82.1 Å². The quantitative estimate of drug-likeness (QED) is 0.262. The van der Waals surface area contributed by atoms with Gasteiger partial charge in [0.2, 0.25) is 0 Å². The Morgan fingerprint density at radius 1 is 1.21 bits per heavy atom. The van der Waals surface area contributed by atoms with Crippen molar-refractivity contribution >= 4 is 8.07 Å². The third-order valence-corrected chi connectivity index (χ3v) is 7.11. The highest BCUT2D eigenvalue weighted by Gasteiger charge is 2.35. The van der Waals surface area contributed by atoms with Crippen molar-refractivity contribution in [3.8, 4) is 28.4 Å². The second kappa shape index (κ2) is 8.92. The van der Waals surface area contributed by atoms with E-state index in [1.54, 1.807) is 30.3 Å². The third kappa shape index (κ3) is 5.81. The van der Waals surface area contributed by atoms with E-state index in [4.69, 9.17) is 4.74 Å². The molecule has 6 nitrogen and oxygen atoms in total. The zero-order chi connectivity index (χ0) is 23.8. The van der Waals surface area contributed by atoms with E-state index < -0.39 is 19.9 Å². The first-order valence-electron chi connectivity index (χ1n) is 10.8. The number of phenolic OH excluding ortho intramolecular Hbond substituents is 1. The fourth-order valence-corrected chi connectivity index (χ4v) is 4.22. The van der Waals surface area contributed by atoms with Crippen LogP contribution in [0.4, 0.5) is 13.2 Å². The molecular formula is C23H27F3N4O2Si. The molecule has 0 radical (unpaired) electrons. The Hall–Kier alpha value is -2.69. The summed E-state index contributed by atoms with van der Waals surface area (Å²) in [6, 6.07) is 9.64. The number of pyridine rings is 1. The number of rotatable bonds is 8. The van der Waals surface area contributed by atoms with Crippen LogP contribution in [0.3, 0.4) is 0 Å². The molecule has 0 aliphatic carbocycles. The standard InChI is InChI=1S/C23H27F3N4O2Si/c1-33(2,3)9-8-32-14-30-13-21(23(24,25)26)29-22(30)15-4-7-19(27-11-15)17-6-5-16(31)10-18(17)20-12-28-20/h4-7,10-11,13,20,28,31H,8-9,12,14H2,1-3H3. The number of phenols is 1. The summed E-state index contributed by atoms with van der Waals surface area (Å²) in [6.07, 6.45) is -2.05. The van der Waals surface area contributed by atoms with Crippen molar-refractivity contribution in [2.75, 3.05) is 13.2 Å². The van der Waals surface area contributed by atoms with Crippen molar-refractivity contribution in [1.29, 1.82) is 0 Å². The van der Waals surface area contributed by atoms with Gasteiger partial charge in [-0.2, -0.15) is 13.2 Å². The molecule has 2 N–H and O–H groups in total. The Morgan fingerprint density at radius 2 is 1.97 bits per heavy atom. The van der Waals surface area contributed by atoms with Gasteiger partial charge in [-0.3, -0.25) is 4.98 Å². The second-order valence-electron chi connectivity index (χ2n) is 9.43. The molecular weight excluding hydrogens is 449 g/mol. The summed E-state index contributed by atoms with van der Waals surface area (Å²) < 4.78 is 47.1. The van der Waals surface area contributed by atoms with Gasteiger partial charge in [-0.1, -0.05) is 19.6 Å². The minimum absolute atomic E-state index is 0.0138. The molecule has 1 atom stereocenters. The molecule has 1 aliphatic heterocycles. The fraction of sp³-hybridized carbons (Fsp3) is 0.391. The van der Waals surface area contributed by atoms with Crippen LogP contribution in [0.25, 0.3) is 22.6 Å². The summed E-state index contributed by atoms with van der Waals surface area (Å²) in [5.74, 6) is 0.332. The maximum absolute atomic E-state index is 13.3. The molecule has 1 fully saturated rings. The largest absolute Gasteiger partial charge is 0.508 e. The lowest BCUT2D eigenvalue weighted by Gasteiger charge is -2.16. The van der Waals surface area contributed by atoms with Gasteiger partial charge in [-0.15, -0.1) is 0 Å². The van der Waals surface area contributed by atoms with Crippen LogP contribution in [-0.4, -0.2) is 40.9 Å². The summed E-state index contributed by atoms with van der Waals surface area (Å²) in [5, 5.41) is 13.0. The van der Waals surface area contributed by atoms with Gasteiger partial charge in [-0.25, -0.2) is 4.98 Å². The number of benzene rings is 1. The second-order valence-corrected chi connectivity index (χ2v) is 15.1. The van der Waals surface area contributed by atoms with E-state index in [9.17, 15) is 18.3 Å². The van der Waals surface area contributed by atoms with Gasteiger partial charge in [0.15, 0.2) is 5.69 Å². The van der Waals surface area contributed by atoms with Crippen LogP contribution in [-0.2, 0) is 17.6 Å². The number of nitrogens with zero attached hydrogens (tertiary/aromatic N) is 3. The van der Waals surface area contributed by atoms with Gasteiger partial charge in [-0.05, 0) is 41.9 Å². The highest BCUT2D eigenvalue weighted by atomic mass is 28.3. The molecule has 0 saturated carbocycles. The van der Waals surface area contributed by atoms with E-state index >= 15 is 0 Å². The first-order chi connectivity index (χ1) is 15.5. The zero-order valence-corrected chi connectivity index (χ0v) is 19.8. The van der Waals surface area contributed by atoms with E-state index in [0.29, 0.717) is 17.9 Å². The number of aromatic hydroxyl groups is 1. The predicted molar refractivity (Wildman–Crippen MR) is 122 cm³/mol. The van der Waals surface area contributed by atoms with E-state index in [1.807, 2.05) is 0 Å². The van der Waals surface area contributed by atoms with Gasteiger partial charge in [0, 0.05) is 50.8 Å². The van der Waals surface area contributed by atoms with Gasteiger partial charge in [0.1, 0.15) is 18.3 Å². The van der Waals surface area contributed by atoms with Crippen molar-refractivity contribution in [3.05, 3.63) is 54.0 Å². The van der Waals surface area contributed by atoms with Crippen LogP contribution in [0.15, 0.2) is 42.7 Å². The normalized spacial score (nSPS) is 16.2. The lowest BCUT2D eigenvalue weighted by Crippen LogP contribution is -2.22. The highest BCUT2D eigenvalue weighted by Crippen LogP contribution is 2.35. The summed E-state index contributed by atoms with van der Waals surface area (Å²) in [7, 11) is -1.31. The van der Waals surface area contributed by atoms with Crippen LogP contribution < -0.4 is 5.32 Å². The SMILES string of the molecule is C[Si](C)(C)CCOCn1cc(C(F)(F)F)nc1-c1ccc(-c2ccc(O)cc2C2CN2)nc1. The molecule has 33 heavy (non-hydrogen) atoms. The van der Waals surface area contributed by atoms with Gasteiger partial charge >= 0.3 is 6.18 Å². The molecule has 0 amide bonds. The molecule has 0 bridgehead atoms. The van der Waals surface area contributed by atoms with E-state index in [-0.39, 0.29) is 24.3 Å². The smallest absolute Gasteiger partial charge is 0.434 e. The molecule has 1 saturated heterocycles. The number of aromatic nitrogens is 3. The molecule has 4 rings (SSSR count). The Bertz CT molecular complexity index is 1120. The number of hydrogen-bond acceptors (Lipinski definition) is 5. The molecule has 10 heteroatoms. The lowest BCUT2D eigenvalue weighted by molar-refractivity contribution is -0.141. The minimum Gasteiger partial charge on any atom is -0.508 e. The molecule has 176 valence electrons. The molecule has 1 aromatic carbocycles. The number of halogens is 3. The highest BCUT2D eigenvalue weighted by molar-refractivity contribution is 6.76. The van der Waals surface area contributed by atoms with Gasteiger partial charge < -0.3 is 19.7 Å². The van der Waals surface area contributed by atoms with Crippen molar-refractivity contribution in [2.45, 2.75) is 44.6 Å². The number of nitrogens with one attached hydrogen (secondary N) is 1. The average molecular weight is 477 g/mol. The molecule has 3 heterocycles. The van der Waals surface area contributed by atoms with Crippen molar-refractivity contribution in [1.82, 2.24) is 19.9 Å². The summed E-state index contributed by atoms with van der Waals surface area (Å²) in [5.41, 5.74) is 1.97. The van der Waals surface area contributed by atoms with Crippen LogP contribution >= 0.6 is 0 Å². The predicted octanol–water partition coefficient (Wildman–Crippen LogP) is 5.29. The number of ether oxygens (including phenoxy) is 1. The number of imidazole rings is 1. The van der Waals surface area contributed by atoms with Crippen LogP contribution in [0, 0.1) is 0 Å². The van der Waals surface area contributed by atoms with Crippen molar-refractivity contribution in [2.24, 2.45) is 0 Å². The van der Waals surface area contributed by atoms with Gasteiger partial charge in [0.25, 0.3) is 0 Å². The van der Waals surface area contributed by atoms with Crippen molar-refractivity contribution in [3.63, 3.8) is 0 Å². The van der Waals surface area contributed by atoms with Gasteiger partial charge in [0.05, 0.1) is 5.69 Å². The maximum Gasteiger partial charge on any atom is 0.434 e. The molecule has 1 unspecified atom stereocenters. The van der Waals surface area contributed by atoms with Crippen molar-refractivity contribution < 1.29 is 23.0 Å². The number of alkyl halides is 3. The monoisotopic (exact) mass is 476 g/mol. The molecule has 1 aliphatic rings. The Labute approximate surface area is 191 Å². The fourth-order valence-electron chi connectivity index (χ4n) is 3.46. The van der Waals surface area contributed by atoms with E-state index in [2.05, 4.69) is 34.9 Å². The molecule has 0 spiro atoms. The van der Waals surface area contributed by atoms with Crippen LogP contribution in [0.2, 0.25) is 25.7 Å². The lowest BCUT2D eigenvalue weighted by atomic mass is 10.0. The summed E-state index contributed by atoms with van der Waals surface area (Å²) >= 11 is 0. The molecule has 2 aromatic heterocycles. The molecule has 3 aromatic rings. The summed E-state index contributed by atoms with van der Waals surface area (Å²) in [6.45, 7) is 7.95. The minimum atomic E-state index is -4.55. The first-order valence-corrected chi connectivity index (χ1v) is 14.5.